The Labute approximate surface area is 153 Å². The molecule has 1 aliphatic heterocycles. The highest BCUT2D eigenvalue weighted by molar-refractivity contribution is 5.96. The van der Waals surface area contributed by atoms with Gasteiger partial charge in [0.2, 0.25) is 17.6 Å². The van der Waals surface area contributed by atoms with Gasteiger partial charge in [0.05, 0.1) is 13.0 Å². The van der Waals surface area contributed by atoms with Crippen molar-refractivity contribution in [2.75, 3.05) is 18.6 Å². The third-order valence-electron chi connectivity index (χ3n) is 4.45. The van der Waals surface area contributed by atoms with Gasteiger partial charge in [-0.3, -0.25) is 4.79 Å². The van der Waals surface area contributed by atoms with Crippen LogP contribution in [0.4, 0.5) is 14.5 Å². The number of amides is 1. The quantitative estimate of drug-likeness (QED) is 0.702. The van der Waals surface area contributed by atoms with Crippen molar-refractivity contribution in [2.24, 2.45) is 0 Å². The largest absolute Gasteiger partial charge is 0.494 e. The predicted octanol–water partition coefficient (Wildman–Crippen LogP) is 3.54. The molecule has 3 aromatic rings. The number of aromatic nitrogens is 2. The summed E-state index contributed by atoms with van der Waals surface area (Å²) in [6.07, 6.45) is 0.165. The number of carbonyl (C=O) groups is 1. The lowest BCUT2D eigenvalue weighted by molar-refractivity contribution is -0.117. The van der Waals surface area contributed by atoms with Crippen molar-refractivity contribution < 1.29 is 22.8 Å². The van der Waals surface area contributed by atoms with Gasteiger partial charge in [0, 0.05) is 30.3 Å². The van der Waals surface area contributed by atoms with E-state index in [9.17, 15) is 13.6 Å². The molecule has 138 valence electrons. The first kappa shape index (κ1) is 17.1. The van der Waals surface area contributed by atoms with Crippen molar-refractivity contribution >= 4 is 11.6 Å². The molecular weight excluding hydrogens is 356 g/mol. The summed E-state index contributed by atoms with van der Waals surface area (Å²) in [5.74, 6) is -0.781. The minimum Gasteiger partial charge on any atom is -0.494 e. The van der Waals surface area contributed by atoms with Crippen molar-refractivity contribution in [3.8, 4) is 17.1 Å². The number of carbonyl (C=O) groups excluding carboxylic acids is 1. The predicted molar refractivity (Wildman–Crippen MR) is 92.4 cm³/mol. The van der Waals surface area contributed by atoms with Crippen molar-refractivity contribution in [1.82, 2.24) is 10.1 Å². The summed E-state index contributed by atoms with van der Waals surface area (Å²) < 4.78 is 37.5. The lowest BCUT2D eigenvalue weighted by Gasteiger charge is -2.16. The lowest BCUT2D eigenvalue weighted by Crippen LogP contribution is -2.24. The molecule has 1 aromatic heterocycles. The SMILES string of the molecule is COc1ccc(N2CC(c3nc(-c4cccc(F)c4)no3)CC2=O)cc1F. The maximum atomic E-state index is 13.9. The summed E-state index contributed by atoms with van der Waals surface area (Å²) in [5, 5.41) is 3.87. The van der Waals surface area contributed by atoms with E-state index in [1.165, 1.54) is 36.3 Å². The molecule has 27 heavy (non-hydrogen) atoms. The number of nitrogens with zero attached hydrogens (tertiary/aromatic N) is 3. The Balaban J connectivity index is 1.55. The molecule has 4 rings (SSSR count). The lowest BCUT2D eigenvalue weighted by atomic mass is 10.1. The second kappa shape index (κ2) is 6.79. The molecule has 0 spiro atoms. The van der Waals surface area contributed by atoms with Gasteiger partial charge in [-0.05, 0) is 24.3 Å². The molecule has 1 atom stereocenters. The summed E-state index contributed by atoms with van der Waals surface area (Å²) in [6, 6.07) is 10.2. The minimum atomic E-state index is -0.544. The standard InChI is InChI=1S/C19H15F2N3O3/c1-26-16-6-5-14(9-15(16)21)24-10-12(8-17(24)25)19-22-18(23-27-19)11-3-2-4-13(20)7-11/h2-7,9,12H,8,10H2,1H3. The van der Waals surface area contributed by atoms with Crippen LogP contribution in [0.5, 0.6) is 5.75 Å². The number of benzene rings is 2. The molecule has 1 fully saturated rings. The van der Waals surface area contributed by atoms with Gasteiger partial charge in [0.1, 0.15) is 5.82 Å². The maximum Gasteiger partial charge on any atom is 0.232 e. The van der Waals surface area contributed by atoms with Crippen LogP contribution in [0.2, 0.25) is 0 Å². The molecule has 2 aromatic carbocycles. The van der Waals surface area contributed by atoms with Crippen LogP contribution in [-0.4, -0.2) is 29.7 Å². The van der Waals surface area contributed by atoms with Gasteiger partial charge >= 0.3 is 0 Å². The number of rotatable bonds is 4. The average molecular weight is 371 g/mol. The Hall–Kier alpha value is -3.29. The van der Waals surface area contributed by atoms with Gasteiger partial charge in [-0.15, -0.1) is 0 Å². The zero-order valence-corrected chi connectivity index (χ0v) is 14.4. The van der Waals surface area contributed by atoms with Crippen LogP contribution >= 0.6 is 0 Å². The smallest absolute Gasteiger partial charge is 0.232 e. The third kappa shape index (κ3) is 3.25. The fraction of sp³-hybridized carbons (Fsp3) is 0.211. The Bertz CT molecular complexity index is 1010. The van der Waals surface area contributed by atoms with E-state index in [1.807, 2.05) is 0 Å². The van der Waals surface area contributed by atoms with Crippen molar-refractivity contribution in [2.45, 2.75) is 12.3 Å². The highest BCUT2D eigenvalue weighted by Crippen LogP contribution is 2.33. The van der Waals surface area contributed by atoms with Gasteiger partial charge in [-0.2, -0.15) is 4.98 Å². The van der Waals surface area contributed by atoms with Crippen LogP contribution < -0.4 is 9.64 Å². The molecule has 1 aliphatic rings. The van der Waals surface area contributed by atoms with E-state index in [0.717, 1.165) is 0 Å². The minimum absolute atomic E-state index is 0.110. The first-order valence-electron chi connectivity index (χ1n) is 8.28. The molecule has 2 heterocycles. The summed E-state index contributed by atoms with van der Waals surface area (Å²) >= 11 is 0. The van der Waals surface area contributed by atoms with Gasteiger partial charge < -0.3 is 14.2 Å². The van der Waals surface area contributed by atoms with E-state index < -0.39 is 11.6 Å². The number of hydrogen-bond donors (Lipinski definition) is 0. The second-order valence-corrected chi connectivity index (χ2v) is 6.19. The fourth-order valence-electron chi connectivity index (χ4n) is 3.09. The highest BCUT2D eigenvalue weighted by atomic mass is 19.1. The molecule has 0 radical (unpaired) electrons. The van der Waals surface area contributed by atoms with Gasteiger partial charge in [0.15, 0.2) is 11.6 Å². The topological polar surface area (TPSA) is 68.5 Å². The van der Waals surface area contributed by atoms with E-state index in [0.29, 0.717) is 17.1 Å². The summed E-state index contributed by atoms with van der Waals surface area (Å²) in [7, 11) is 1.38. The fourth-order valence-corrected chi connectivity index (χ4v) is 3.09. The van der Waals surface area contributed by atoms with Gasteiger partial charge in [-0.1, -0.05) is 17.3 Å². The van der Waals surface area contributed by atoms with E-state index in [1.54, 1.807) is 18.2 Å². The number of anilines is 1. The molecule has 0 N–H and O–H groups in total. The van der Waals surface area contributed by atoms with Crippen LogP contribution in [-0.2, 0) is 4.79 Å². The van der Waals surface area contributed by atoms with E-state index in [-0.39, 0.29) is 36.4 Å². The normalized spacial score (nSPS) is 16.8. The Morgan fingerprint density at radius 1 is 1.22 bits per heavy atom. The number of hydrogen-bond acceptors (Lipinski definition) is 5. The van der Waals surface area contributed by atoms with Crippen LogP contribution in [0.3, 0.4) is 0 Å². The Morgan fingerprint density at radius 2 is 2.07 bits per heavy atom. The molecule has 0 aliphatic carbocycles. The zero-order valence-electron chi connectivity index (χ0n) is 14.4. The van der Waals surface area contributed by atoms with E-state index in [4.69, 9.17) is 9.26 Å². The first-order chi connectivity index (χ1) is 13.0. The summed E-state index contributed by atoms with van der Waals surface area (Å²) in [5.41, 5.74) is 0.925. The molecule has 1 amide bonds. The van der Waals surface area contributed by atoms with Crippen molar-refractivity contribution in [3.63, 3.8) is 0 Å². The van der Waals surface area contributed by atoms with Gasteiger partial charge in [-0.25, -0.2) is 8.78 Å². The van der Waals surface area contributed by atoms with E-state index >= 15 is 0 Å². The molecule has 8 heteroatoms. The molecule has 1 saturated heterocycles. The highest BCUT2D eigenvalue weighted by Gasteiger charge is 2.35. The second-order valence-electron chi connectivity index (χ2n) is 6.19. The molecule has 0 bridgehead atoms. The number of halogens is 2. The van der Waals surface area contributed by atoms with Crippen LogP contribution in [0.25, 0.3) is 11.4 Å². The van der Waals surface area contributed by atoms with Gasteiger partial charge in [0.25, 0.3) is 0 Å². The molecule has 6 nitrogen and oxygen atoms in total. The van der Waals surface area contributed by atoms with Crippen LogP contribution in [0, 0.1) is 11.6 Å². The Kier molecular flexibility index (Phi) is 4.31. The summed E-state index contributed by atoms with van der Waals surface area (Å²) in [6.45, 7) is 0.287. The summed E-state index contributed by atoms with van der Waals surface area (Å²) in [4.78, 5) is 18.1. The molecule has 1 unspecified atom stereocenters. The number of methoxy groups -OCH3 is 1. The van der Waals surface area contributed by atoms with E-state index in [2.05, 4.69) is 10.1 Å². The van der Waals surface area contributed by atoms with Crippen LogP contribution in [0.15, 0.2) is 47.0 Å². The zero-order chi connectivity index (χ0) is 19.0. The average Bonchev–Trinajstić information content (AvgIpc) is 3.28. The maximum absolute atomic E-state index is 13.9. The van der Waals surface area contributed by atoms with Crippen molar-refractivity contribution in [3.05, 3.63) is 60.0 Å². The molecular formula is C19H15F2N3O3. The Morgan fingerprint density at radius 3 is 2.81 bits per heavy atom. The number of ether oxygens (including phenoxy) is 1. The van der Waals surface area contributed by atoms with Crippen molar-refractivity contribution in [1.29, 1.82) is 0 Å². The monoisotopic (exact) mass is 371 g/mol. The first-order valence-corrected chi connectivity index (χ1v) is 8.28. The molecule has 0 saturated carbocycles. The third-order valence-corrected chi connectivity index (χ3v) is 4.45. The van der Waals surface area contributed by atoms with Crippen LogP contribution in [0.1, 0.15) is 18.2 Å².